The third-order valence-corrected chi connectivity index (χ3v) is 4.22. The molecule has 2 N–H and O–H groups in total. The zero-order chi connectivity index (χ0) is 13.9. The molecule has 2 atom stereocenters. The van der Waals surface area contributed by atoms with Crippen molar-refractivity contribution in [2.24, 2.45) is 5.92 Å². The highest BCUT2D eigenvalue weighted by Gasteiger charge is 2.26. The Kier molecular flexibility index (Phi) is 5.73. The van der Waals surface area contributed by atoms with Crippen LogP contribution in [0.25, 0.3) is 0 Å². The highest BCUT2D eigenvalue weighted by molar-refractivity contribution is 6.30. The zero-order valence-corrected chi connectivity index (χ0v) is 13.3. The Labute approximate surface area is 136 Å². The first-order valence-electron chi connectivity index (χ1n) is 7.14. The normalized spacial score (nSPS) is 23.7. The molecule has 1 aromatic rings. The van der Waals surface area contributed by atoms with Gasteiger partial charge in [0.05, 0.1) is 5.92 Å². The largest absolute Gasteiger partial charge is 0.492 e. The van der Waals surface area contributed by atoms with Crippen LogP contribution in [0, 0.1) is 5.92 Å². The van der Waals surface area contributed by atoms with Gasteiger partial charge in [0.2, 0.25) is 5.91 Å². The molecule has 1 aromatic carbocycles. The molecule has 0 aromatic heterocycles. The molecule has 1 saturated heterocycles. The van der Waals surface area contributed by atoms with E-state index >= 15 is 0 Å². The Hall–Kier alpha value is -0.970. The van der Waals surface area contributed by atoms with Crippen molar-refractivity contribution in [2.75, 3.05) is 19.7 Å². The lowest BCUT2D eigenvalue weighted by atomic mass is 9.96. The van der Waals surface area contributed by atoms with E-state index in [-0.39, 0.29) is 24.2 Å². The zero-order valence-electron chi connectivity index (χ0n) is 11.7. The highest BCUT2D eigenvalue weighted by atomic mass is 35.5. The second kappa shape index (κ2) is 7.34. The fourth-order valence-electron chi connectivity index (χ4n) is 2.83. The lowest BCUT2D eigenvalue weighted by Crippen LogP contribution is -2.42. The van der Waals surface area contributed by atoms with Gasteiger partial charge in [-0.25, -0.2) is 0 Å². The van der Waals surface area contributed by atoms with Crippen molar-refractivity contribution in [3.05, 3.63) is 28.8 Å². The van der Waals surface area contributed by atoms with Gasteiger partial charge in [0.15, 0.2) is 0 Å². The molecule has 0 bridgehead atoms. The molecule has 4 nitrogen and oxygen atoms in total. The van der Waals surface area contributed by atoms with Gasteiger partial charge in [-0.15, -0.1) is 12.4 Å². The minimum absolute atomic E-state index is 0. The molecule has 2 aliphatic rings. The van der Waals surface area contributed by atoms with Crippen molar-refractivity contribution >= 4 is 29.9 Å². The van der Waals surface area contributed by atoms with Crippen LogP contribution >= 0.6 is 24.0 Å². The molecule has 0 aliphatic carbocycles. The van der Waals surface area contributed by atoms with Crippen molar-refractivity contribution in [2.45, 2.75) is 25.3 Å². The number of nitrogens with one attached hydrogen (secondary N) is 2. The predicted octanol–water partition coefficient (Wildman–Crippen LogP) is 2.18. The van der Waals surface area contributed by atoms with Crippen LogP contribution in [0.15, 0.2) is 18.2 Å². The summed E-state index contributed by atoms with van der Waals surface area (Å²) in [7, 11) is 0. The molecular formula is C15H20Cl2N2O2. The van der Waals surface area contributed by atoms with Gasteiger partial charge in [0.25, 0.3) is 0 Å². The van der Waals surface area contributed by atoms with E-state index in [1.165, 1.54) is 6.42 Å². The van der Waals surface area contributed by atoms with Crippen LogP contribution in [0.2, 0.25) is 5.02 Å². The van der Waals surface area contributed by atoms with E-state index in [9.17, 15) is 4.79 Å². The number of rotatable bonds is 3. The maximum Gasteiger partial charge on any atom is 0.226 e. The summed E-state index contributed by atoms with van der Waals surface area (Å²) in [6.07, 6.45) is 3.03. The van der Waals surface area contributed by atoms with E-state index in [1.54, 1.807) is 0 Å². The lowest BCUT2D eigenvalue weighted by Gasteiger charge is -2.25. The first-order valence-corrected chi connectivity index (χ1v) is 7.52. The van der Waals surface area contributed by atoms with Crippen molar-refractivity contribution < 1.29 is 9.53 Å². The summed E-state index contributed by atoms with van der Waals surface area (Å²) < 4.78 is 5.65. The number of benzene rings is 1. The molecule has 0 radical (unpaired) electrons. The standard InChI is InChI=1S/C15H19ClN2O2.ClH/c16-12-3-4-14-10(7-12)6-11(9-20-14)15(19)18-8-13-2-1-5-17-13;/h3-4,7,11,13,17H,1-2,5-6,8-9H2,(H,18,19);1H. The minimum Gasteiger partial charge on any atom is -0.492 e. The Bertz CT molecular complexity index is 504. The van der Waals surface area contributed by atoms with E-state index in [0.29, 0.717) is 30.6 Å². The smallest absolute Gasteiger partial charge is 0.226 e. The van der Waals surface area contributed by atoms with E-state index in [2.05, 4.69) is 10.6 Å². The minimum atomic E-state index is -0.123. The van der Waals surface area contributed by atoms with Crippen LogP contribution in [-0.4, -0.2) is 31.6 Å². The number of amides is 1. The van der Waals surface area contributed by atoms with Crippen LogP contribution in [0.1, 0.15) is 18.4 Å². The molecule has 2 aliphatic heterocycles. The monoisotopic (exact) mass is 330 g/mol. The van der Waals surface area contributed by atoms with Gasteiger partial charge in [0.1, 0.15) is 12.4 Å². The molecule has 0 saturated carbocycles. The number of hydrogen-bond acceptors (Lipinski definition) is 3. The first kappa shape index (κ1) is 16.4. The second-order valence-corrected chi connectivity index (χ2v) is 5.94. The highest BCUT2D eigenvalue weighted by Crippen LogP contribution is 2.29. The van der Waals surface area contributed by atoms with Crippen LogP contribution < -0.4 is 15.4 Å². The van der Waals surface area contributed by atoms with Crippen LogP contribution in [0.5, 0.6) is 5.75 Å². The number of carbonyl (C=O) groups is 1. The number of fused-ring (bicyclic) bond motifs is 1. The summed E-state index contributed by atoms with van der Waals surface area (Å²) in [6, 6.07) is 5.99. The predicted molar refractivity (Wildman–Crippen MR) is 85.4 cm³/mol. The summed E-state index contributed by atoms with van der Waals surface area (Å²) in [6.45, 7) is 2.20. The van der Waals surface area contributed by atoms with Gasteiger partial charge in [-0.05, 0) is 49.6 Å². The van der Waals surface area contributed by atoms with E-state index in [4.69, 9.17) is 16.3 Å². The SMILES string of the molecule is Cl.O=C(NCC1CCCN1)C1COc2ccc(Cl)cc2C1. The molecule has 2 unspecified atom stereocenters. The van der Waals surface area contributed by atoms with Crippen LogP contribution in [0.4, 0.5) is 0 Å². The third-order valence-electron chi connectivity index (χ3n) is 3.98. The molecule has 21 heavy (non-hydrogen) atoms. The van der Waals surface area contributed by atoms with Gasteiger partial charge in [-0.2, -0.15) is 0 Å². The molecule has 3 rings (SSSR count). The van der Waals surface area contributed by atoms with E-state index in [0.717, 1.165) is 24.3 Å². The summed E-state index contributed by atoms with van der Waals surface area (Å²) in [5.74, 6) is 0.794. The van der Waals surface area contributed by atoms with Gasteiger partial charge < -0.3 is 15.4 Å². The van der Waals surface area contributed by atoms with Crippen LogP contribution in [0.3, 0.4) is 0 Å². The summed E-state index contributed by atoms with van der Waals surface area (Å²) in [5.41, 5.74) is 1.02. The number of hydrogen-bond donors (Lipinski definition) is 2. The first-order chi connectivity index (χ1) is 9.72. The van der Waals surface area contributed by atoms with Crippen molar-refractivity contribution in [3.63, 3.8) is 0 Å². The maximum atomic E-state index is 12.2. The van der Waals surface area contributed by atoms with Gasteiger partial charge in [0, 0.05) is 17.6 Å². The fourth-order valence-corrected chi connectivity index (χ4v) is 3.03. The van der Waals surface area contributed by atoms with Crippen LogP contribution in [-0.2, 0) is 11.2 Å². The number of carbonyl (C=O) groups excluding carboxylic acids is 1. The topological polar surface area (TPSA) is 50.4 Å². The number of halogens is 2. The van der Waals surface area contributed by atoms with E-state index < -0.39 is 0 Å². The Balaban J connectivity index is 0.00000161. The molecular weight excluding hydrogens is 311 g/mol. The van der Waals surface area contributed by atoms with Gasteiger partial charge in [-0.1, -0.05) is 11.6 Å². The average molecular weight is 331 g/mol. The quantitative estimate of drug-likeness (QED) is 0.893. The molecule has 116 valence electrons. The van der Waals surface area contributed by atoms with Gasteiger partial charge in [-0.3, -0.25) is 4.79 Å². The summed E-state index contributed by atoms with van der Waals surface area (Å²) in [5, 5.41) is 7.08. The van der Waals surface area contributed by atoms with Crippen molar-refractivity contribution in [1.82, 2.24) is 10.6 Å². The maximum absolute atomic E-state index is 12.2. The molecule has 2 heterocycles. The molecule has 1 fully saturated rings. The van der Waals surface area contributed by atoms with Crippen molar-refractivity contribution in [3.8, 4) is 5.75 Å². The lowest BCUT2D eigenvalue weighted by molar-refractivity contribution is -0.126. The summed E-state index contributed by atoms with van der Waals surface area (Å²) in [4.78, 5) is 12.2. The van der Waals surface area contributed by atoms with E-state index in [1.807, 2.05) is 18.2 Å². The molecule has 6 heteroatoms. The third kappa shape index (κ3) is 4.02. The Morgan fingerprint density at radius 2 is 2.33 bits per heavy atom. The van der Waals surface area contributed by atoms with Gasteiger partial charge >= 0.3 is 0 Å². The average Bonchev–Trinajstić information content (AvgIpc) is 2.97. The Morgan fingerprint density at radius 1 is 1.48 bits per heavy atom. The summed E-state index contributed by atoms with van der Waals surface area (Å²) >= 11 is 5.99. The molecule has 1 amide bonds. The molecule has 0 spiro atoms. The number of ether oxygens (including phenoxy) is 1. The fraction of sp³-hybridized carbons (Fsp3) is 0.533. The second-order valence-electron chi connectivity index (χ2n) is 5.50. The Morgan fingerprint density at radius 3 is 3.10 bits per heavy atom. The van der Waals surface area contributed by atoms with Crippen molar-refractivity contribution in [1.29, 1.82) is 0 Å².